The fourth-order valence-corrected chi connectivity index (χ4v) is 3.79. The quantitative estimate of drug-likeness (QED) is 0.625. The van der Waals surface area contributed by atoms with E-state index in [1.165, 1.54) is 5.56 Å². The van der Waals surface area contributed by atoms with Crippen LogP contribution in [0.1, 0.15) is 36.8 Å². The number of carbonyl (C=O) groups excluding carboxylic acids is 1. The number of hydrogen-bond donors (Lipinski definition) is 1. The van der Waals surface area contributed by atoms with E-state index < -0.39 is 0 Å². The average molecular weight is 403 g/mol. The van der Waals surface area contributed by atoms with Crippen molar-refractivity contribution in [2.24, 2.45) is 0 Å². The van der Waals surface area contributed by atoms with Crippen molar-refractivity contribution in [3.8, 4) is 5.75 Å². The molecule has 1 atom stereocenters. The number of rotatable bonds is 6. The highest BCUT2D eigenvalue weighted by molar-refractivity contribution is 6.11. The summed E-state index contributed by atoms with van der Waals surface area (Å²) in [6.07, 6.45) is 0.928. The number of nitrogens with one attached hydrogen (secondary N) is 1. The molecule has 0 fully saturated rings. The number of methoxy groups -OCH3 is 1. The van der Waals surface area contributed by atoms with Gasteiger partial charge >= 0.3 is 0 Å². The predicted molar refractivity (Wildman–Crippen MR) is 117 cm³/mol. The van der Waals surface area contributed by atoms with E-state index in [1.807, 2.05) is 44.2 Å². The molecule has 6 heteroatoms. The van der Waals surface area contributed by atoms with Gasteiger partial charge in [-0.15, -0.1) is 0 Å². The third-order valence-electron chi connectivity index (χ3n) is 5.39. The molecule has 0 aliphatic carbocycles. The first-order valence-electron chi connectivity index (χ1n) is 9.99. The molecule has 154 valence electrons. The number of nitrogens with zero attached hydrogens (tertiary/aromatic N) is 2. The van der Waals surface area contributed by atoms with Crippen LogP contribution in [0.15, 0.2) is 70.4 Å². The highest BCUT2D eigenvalue weighted by Gasteiger charge is 2.40. The minimum Gasteiger partial charge on any atom is -0.497 e. The Kier molecular flexibility index (Phi) is 5.31. The van der Waals surface area contributed by atoms with Gasteiger partial charge in [-0.2, -0.15) is 0 Å². The fraction of sp³-hybridized carbons (Fsp3) is 0.250. The van der Waals surface area contributed by atoms with Crippen molar-refractivity contribution in [3.05, 3.63) is 82.8 Å². The zero-order valence-electron chi connectivity index (χ0n) is 17.6. The molecule has 1 aromatic heterocycles. The number of amides is 1. The number of anilines is 2. The van der Waals surface area contributed by atoms with Gasteiger partial charge in [-0.1, -0.05) is 36.3 Å². The summed E-state index contributed by atoms with van der Waals surface area (Å²) >= 11 is 0. The zero-order valence-corrected chi connectivity index (χ0v) is 17.6. The van der Waals surface area contributed by atoms with E-state index in [0.717, 1.165) is 29.0 Å². The van der Waals surface area contributed by atoms with Crippen LogP contribution >= 0.6 is 0 Å². The lowest BCUT2D eigenvalue weighted by Gasteiger charge is -2.24. The summed E-state index contributed by atoms with van der Waals surface area (Å²) < 4.78 is 10.5. The van der Waals surface area contributed by atoms with Crippen LogP contribution in [0.5, 0.6) is 5.75 Å². The smallest absolute Gasteiger partial charge is 0.276 e. The first-order valence-corrected chi connectivity index (χ1v) is 9.99. The van der Waals surface area contributed by atoms with Crippen molar-refractivity contribution in [2.45, 2.75) is 33.2 Å². The molecule has 0 saturated heterocycles. The van der Waals surface area contributed by atoms with Crippen molar-refractivity contribution in [3.63, 3.8) is 0 Å². The highest BCUT2D eigenvalue weighted by atomic mass is 16.5. The van der Waals surface area contributed by atoms with Crippen molar-refractivity contribution >= 4 is 17.4 Å². The summed E-state index contributed by atoms with van der Waals surface area (Å²) in [6, 6.07) is 17.4. The zero-order chi connectivity index (χ0) is 21.3. The van der Waals surface area contributed by atoms with E-state index in [-0.39, 0.29) is 11.9 Å². The van der Waals surface area contributed by atoms with Crippen LogP contribution in [-0.4, -0.2) is 18.2 Å². The average Bonchev–Trinajstić information content (AvgIpc) is 3.30. The molecule has 0 radical (unpaired) electrons. The lowest BCUT2D eigenvalue weighted by atomic mass is 9.97. The largest absolute Gasteiger partial charge is 0.497 e. The van der Waals surface area contributed by atoms with E-state index in [2.05, 4.69) is 35.6 Å². The maximum Gasteiger partial charge on any atom is 0.276 e. The molecular formula is C24H25N3O3. The minimum atomic E-state index is -0.255. The molecule has 1 unspecified atom stereocenters. The number of ether oxygens (including phenoxy) is 1. The van der Waals surface area contributed by atoms with E-state index in [9.17, 15) is 4.79 Å². The van der Waals surface area contributed by atoms with Gasteiger partial charge < -0.3 is 14.6 Å². The molecule has 6 nitrogen and oxygen atoms in total. The summed E-state index contributed by atoms with van der Waals surface area (Å²) in [5.41, 5.74) is 4.57. The van der Waals surface area contributed by atoms with Gasteiger partial charge in [0.1, 0.15) is 17.2 Å². The maximum atomic E-state index is 13.5. The van der Waals surface area contributed by atoms with Gasteiger partial charge in [0.15, 0.2) is 5.82 Å². The Morgan fingerprint density at radius 2 is 1.90 bits per heavy atom. The molecule has 0 bridgehead atoms. The molecule has 1 aliphatic rings. The molecule has 0 spiro atoms. The summed E-state index contributed by atoms with van der Waals surface area (Å²) in [5, 5.41) is 7.43. The third-order valence-corrected chi connectivity index (χ3v) is 5.39. The van der Waals surface area contributed by atoms with E-state index >= 15 is 0 Å². The summed E-state index contributed by atoms with van der Waals surface area (Å²) in [6.45, 7) is 5.93. The second-order valence-corrected chi connectivity index (χ2v) is 7.38. The predicted octanol–water partition coefficient (Wildman–Crippen LogP) is 5.03. The Morgan fingerprint density at radius 1 is 1.13 bits per heavy atom. The topological polar surface area (TPSA) is 67.6 Å². The Morgan fingerprint density at radius 3 is 2.53 bits per heavy atom. The Bertz CT molecular complexity index is 1100. The second-order valence-electron chi connectivity index (χ2n) is 7.38. The second kappa shape index (κ2) is 8.06. The summed E-state index contributed by atoms with van der Waals surface area (Å²) in [4.78, 5) is 15.2. The fourth-order valence-electron chi connectivity index (χ4n) is 3.79. The Hall–Kier alpha value is -3.54. The Balaban J connectivity index is 1.76. The number of carbonyl (C=O) groups is 1. The molecule has 0 saturated carbocycles. The number of aromatic nitrogens is 1. The number of hydrogen-bond acceptors (Lipinski definition) is 5. The molecule has 2 aromatic carbocycles. The third kappa shape index (κ3) is 3.56. The van der Waals surface area contributed by atoms with Gasteiger partial charge in [-0.25, -0.2) is 0 Å². The molecule has 1 aliphatic heterocycles. The standard InChI is InChI=1S/C24H25N3O3/c1-5-17-7-6-8-18(14-17)23-16(3)22(25-19-9-11-20(29-4)12-10-19)24(28)27(23)21-13-15(2)30-26-21/h6-14,23,25H,5H2,1-4H3. The first kappa shape index (κ1) is 19.8. The van der Waals surface area contributed by atoms with Crippen LogP contribution in [0.25, 0.3) is 0 Å². The SMILES string of the molecule is CCc1cccc(C2C(C)=C(Nc3ccc(OC)cc3)C(=O)N2c2cc(C)on2)c1. The molecule has 1 amide bonds. The maximum absolute atomic E-state index is 13.5. The lowest BCUT2D eigenvalue weighted by molar-refractivity contribution is -0.114. The molecular weight excluding hydrogens is 378 g/mol. The van der Waals surface area contributed by atoms with Crippen molar-refractivity contribution in [1.29, 1.82) is 0 Å². The van der Waals surface area contributed by atoms with Gasteiger partial charge in [0, 0.05) is 11.8 Å². The van der Waals surface area contributed by atoms with Crippen LogP contribution in [0, 0.1) is 6.92 Å². The highest BCUT2D eigenvalue weighted by Crippen LogP contribution is 2.41. The summed E-state index contributed by atoms with van der Waals surface area (Å²) in [5.74, 6) is 1.80. The van der Waals surface area contributed by atoms with Crippen molar-refractivity contribution in [2.75, 3.05) is 17.3 Å². The van der Waals surface area contributed by atoms with E-state index in [0.29, 0.717) is 17.3 Å². The molecule has 2 heterocycles. The van der Waals surface area contributed by atoms with Crippen LogP contribution in [0.3, 0.4) is 0 Å². The first-order chi connectivity index (χ1) is 14.5. The van der Waals surface area contributed by atoms with E-state index in [1.54, 1.807) is 18.1 Å². The van der Waals surface area contributed by atoms with Crippen LogP contribution in [-0.2, 0) is 11.2 Å². The lowest BCUT2D eigenvalue weighted by Crippen LogP contribution is -2.31. The van der Waals surface area contributed by atoms with Gasteiger partial charge in [0.2, 0.25) is 0 Å². The number of aryl methyl sites for hydroxylation is 2. The van der Waals surface area contributed by atoms with Gasteiger partial charge in [0.05, 0.1) is 13.2 Å². The minimum absolute atomic E-state index is 0.136. The van der Waals surface area contributed by atoms with Crippen molar-refractivity contribution in [1.82, 2.24) is 5.16 Å². The number of benzene rings is 2. The van der Waals surface area contributed by atoms with Crippen molar-refractivity contribution < 1.29 is 14.1 Å². The van der Waals surface area contributed by atoms with Crippen LogP contribution < -0.4 is 15.0 Å². The molecule has 3 aromatic rings. The van der Waals surface area contributed by atoms with Crippen LogP contribution in [0.2, 0.25) is 0 Å². The monoisotopic (exact) mass is 403 g/mol. The normalized spacial score (nSPS) is 16.3. The molecule has 1 N–H and O–H groups in total. The molecule has 4 rings (SSSR count). The van der Waals surface area contributed by atoms with Gasteiger partial charge in [-0.05, 0) is 61.2 Å². The Labute approximate surface area is 176 Å². The molecule has 30 heavy (non-hydrogen) atoms. The summed E-state index contributed by atoms with van der Waals surface area (Å²) in [7, 11) is 1.63. The van der Waals surface area contributed by atoms with E-state index in [4.69, 9.17) is 9.26 Å². The van der Waals surface area contributed by atoms with Crippen LogP contribution in [0.4, 0.5) is 11.5 Å². The van der Waals surface area contributed by atoms with Gasteiger partial charge in [-0.3, -0.25) is 9.69 Å². The van der Waals surface area contributed by atoms with Gasteiger partial charge in [0.25, 0.3) is 5.91 Å².